The number of methoxy groups -OCH3 is 1. The van der Waals surface area contributed by atoms with Gasteiger partial charge in [0.15, 0.2) is 0 Å². The lowest BCUT2D eigenvalue weighted by Gasteiger charge is -2.24. The molecule has 1 N–H and O–H groups in total. The summed E-state index contributed by atoms with van der Waals surface area (Å²) in [5.74, 6) is 1.14. The van der Waals surface area contributed by atoms with E-state index < -0.39 is 0 Å². The number of amides is 2. The molecule has 4 rings (SSSR count). The Kier molecular flexibility index (Phi) is 7.91. The van der Waals surface area contributed by atoms with Gasteiger partial charge < -0.3 is 10.1 Å². The molecule has 0 radical (unpaired) electrons. The second kappa shape index (κ2) is 11.3. The van der Waals surface area contributed by atoms with Crippen molar-refractivity contribution in [3.05, 3.63) is 89.5 Å². The summed E-state index contributed by atoms with van der Waals surface area (Å²) in [5, 5.41) is 2.87. The third kappa shape index (κ3) is 5.62. The maximum Gasteiger partial charge on any atom is 0.255 e. The molecule has 3 aromatic carbocycles. The number of unbranched alkanes of at least 4 members (excludes halogenated alkanes) is 2. The van der Waals surface area contributed by atoms with Crippen molar-refractivity contribution < 1.29 is 14.3 Å². The van der Waals surface area contributed by atoms with Crippen LogP contribution in [0.15, 0.2) is 72.8 Å². The molecule has 2 amide bonds. The van der Waals surface area contributed by atoms with Crippen LogP contribution in [0.2, 0.25) is 0 Å². The van der Waals surface area contributed by atoms with Crippen molar-refractivity contribution in [3.63, 3.8) is 0 Å². The van der Waals surface area contributed by atoms with Crippen LogP contribution in [0.3, 0.4) is 0 Å². The summed E-state index contributed by atoms with van der Waals surface area (Å²) in [4.78, 5) is 27.1. The fourth-order valence-corrected chi connectivity index (χ4v) is 5.21. The first kappa shape index (κ1) is 23.9. The predicted molar refractivity (Wildman–Crippen MR) is 140 cm³/mol. The smallest absolute Gasteiger partial charge is 0.255 e. The van der Waals surface area contributed by atoms with Gasteiger partial charge in [0.25, 0.3) is 5.91 Å². The highest BCUT2D eigenvalue weighted by molar-refractivity contribution is 8.00. The number of nitrogens with zero attached hydrogens (tertiary/aromatic N) is 1. The molecule has 176 valence electrons. The molecule has 0 aromatic heterocycles. The zero-order valence-electron chi connectivity index (χ0n) is 19.6. The molecule has 0 saturated carbocycles. The Balaban J connectivity index is 1.41. The number of rotatable bonds is 9. The molecule has 3 aromatic rings. The lowest BCUT2D eigenvalue weighted by molar-refractivity contribution is -0.115. The average Bonchev–Trinajstić information content (AvgIpc) is 3.26. The molecule has 34 heavy (non-hydrogen) atoms. The Morgan fingerprint density at radius 3 is 2.35 bits per heavy atom. The van der Waals surface area contributed by atoms with Gasteiger partial charge in [-0.05, 0) is 72.5 Å². The number of carbonyl (C=O) groups excluding carboxylic acids is 2. The summed E-state index contributed by atoms with van der Waals surface area (Å²) >= 11 is 1.60. The number of hydrogen-bond acceptors (Lipinski definition) is 4. The number of ether oxygens (including phenoxy) is 1. The molecule has 0 aliphatic carbocycles. The van der Waals surface area contributed by atoms with Gasteiger partial charge in [-0.15, -0.1) is 11.8 Å². The SMILES string of the molecule is CCCCCc1ccc(C(=O)Nc2ccc([C@@H]3SCC(=O)N3c3ccc(OC)cc3)cc2)cc1. The van der Waals surface area contributed by atoms with Crippen LogP contribution in [0.25, 0.3) is 0 Å². The minimum atomic E-state index is -0.127. The quantitative estimate of drug-likeness (QED) is 0.362. The third-order valence-electron chi connectivity index (χ3n) is 5.96. The van der Waals surface area contributed by atoms with Crippen LogP contribution in [-0.2, 0) is 11.2 Å². The summed E-state index contributed by atoms with van der Waals surface area (Å²) in [6.07, 6.45) is 4.65. The van der Waals surface area contributed by atoms with E-state index in [0.29, 0.717) is 11.3 Å². The zero-order valence-corrected chi connectivity index (χ0v) is 20.4. The minimum absolute atomic E-state index is 0.0793. The van der Waals surface area contributed by atoms with Gasteiger partial charge in [0, 0.05) is 16.9 Å². The molecule has 1 fully saturated rings. The number of hydrogen-bond donors (Lipinski definition) is 1. The monoisotopic (exact) mass is 474 g/mol. The number of benzene rings is 3. The van der Waals surface area contributed by atoms with Gasteiger partial charge >= 0.3 is 0 Å². The van der Waals surface area contributed by atoms with Crippen LogP contribution in [0.5, 0.6) is 5.75 Å². The molecule has 0 bridgehead atoms. The third-order valence-corrected chi connectivity index (χ3v) is 7.17. The van der Waals surface area contributed by atoms with Gasteiger partial charge in [-0.1, -0.05) is 44.0 Å². The molecule has 1 atom stereocenters. The van der Waals surface area contributed by atoms with Crippen molar-refractivity contribution in [3.8, 4) is 5.75 Å². The molecule has 0 spiro atoms. The number of aryl methyl sites for hydroxylation is 1. The van der Waals surface area contributed by atoms with Gasteiger partial charge in [0.05, 0.1) is 12.9 Å². The summed E-state index contributed by atoms with van der Waals surface area (Å²) in [7, 11) is 1.62. The van der Waals surface area contributed by atoms with E-state index in [1.165, 1.54) is 24.8 Å². The Morgan fingerprint density at radius 1 is 1.00 bits per heavy atom. The van der Waals surface area contributed by atoms with Crippen molar-refractivity contribution in [2.75, 3.05) is 23.1 Å². The molecular formula is C28H30N2O3S. The first-order chi connectivity index (χ1) is 16.6. The van der Waals surface area contributed by atoms with E-state index in [1.54, 1.807) is 18.9 Å². The fraction of sp³-hybridized carbons (Fsp3) is 0.286. The van der Waals surface area contributed by atoms with Gasteiger partial charge in [-0.25, -0.2) is 0 Å². The van der Waals surface area contributed by atoms with Gasteiger partial charge in [0.2, 0.25) is 5.91 Å². The normalized spacial score (nSPS) is 15.4. The van der Waals surface area contributed by atoms with E-state index in [-0.39, 0.29) is 17.2 Å². The Morgan fingerprint density at radius 2 is 1.71 bits per heavy atom. The number of carbonyl (C=O) groups is 2. The van der Waals surface area contributed by atoms with E-state index in [4.69, 9.17) is 4.74 Å². The van der Waals surface area contributed by atoms with Crippen LogP contribution in [-0.4, -0.2) is 24.7 Å². The van der Waals surface area contributed by atoms with Crippen molar-refractivity contribution in [2.24, 2.45) is 0 Å². The van der Waals surface area contributed by atoms with Crippen LogP contribution in [0, 0.1) is 0 Å². The number of thioether (sulfide) groups is 1. The average molecular weight is 475 g/mol. The summed E-state index contributed by atoms with van der Waals surface area (Å²) in [6.45, 7) is 2.20. The largest absolute Gasteiger partial charge is 0.497 e. The predicted octanol–water partition coefficient (Wildman–Crippen LogP) is 6.46. The van der Waals surface area contributed by atoms with Gasteiger partial charge in [-0.3, -0.25) is 14.5 Å². The van der Waals surface area contributed by atoms with Gasteiger partial charge in [0.1, 0.15) is 11.1 Å². The second-order valence-electron chi connectivity index (χ2n) is 8.36. The van der Waals surface area contributed by atoms with Crippen molar-refractivity contribution in [1.29, 1.82) is 0 Å². The Hall–Kier alpha value is -3.25. The van der Waals surface area contributed by atoms with E-state index in [1.807, 2.05) is 77.7 Å². The molecule has 6 heteroatoms. The summed E-state index contributed by atoms with van der Waals surface area (Å²) < 4.78 is 5.23. The van der Waals surface area contributed by atoms with Crippen molar-refractivity contribution in [1.82, 2.24) is 0 Å². The van der Waals surface area contributed by atoms with Gasteiger partial charge in [-0.2, -0.15) is 0 Å². The molecule has 0 unspecified atom stereocenters. The molecule has 1 saturated heterocycles. The van der Waals surface area contributed by atoms with Crippen LogP contribution < -0.4 is 15.0 Å². The first-order valence-electron chi connectivity index (χ1n) is 11.7. The number of anilines is 2. The second-order valence-corrected chi connectivity index (χ2v) is 9.42. The van der Waals surface area contributed by atoms with Crippen LogP contribution in [0.1, 0.15) is 53.0 Å². The zero-order chi connectivity index (χ0) is 23.9. The Bertz CT molecular complexity index is 1110. The lowest BCUT2D eigenvalue weighted by Crippen LogP contribution is -2.27. The summed E-state index contributed by atoms with van der Waals surface area (Å²) in [5.41, 5.74) is 4.49. The standard InChI is InChI=1S/C28H30N2O3S/c1-3-4-5-6-20-7-9-21(10-8-20)27(32)29-23-13-11-22(12-14-23)28-30(26(31)19-34-28)24-15-17-25(33-2)18-16-24/h7-18,28H,3-6,19H2,1-2H3,(H,29,32)/t28-/m0/s1. The highest BCUT2D eigenvalue weighted by Gasteiger charge is 2.34. The molecular weight excluding hydrogens is 444 g/mol. The number of nitrogens with one attached hydrogen (secondary N) is 1. The summed E-state index contributed by atoms with van der Waals surface area (Å²) in [6, 6.07) is 23.1. The first-order valence-corrected chi connectivity index (χ1v) is 12.7. The van der Waals surface area contributed by atoms with E-state index in [9.17, 15) is 9.59 Å². The van der Waals surface area contributed by atoms with Crippen LogP contribution in [0.4, 0.5) is 11.4 Å². The topological polar surface area (TPSA) is 58.6 Å². The van der Waals surface area contributed by atoms with Crippen molar-refractivity contribution in [2.45, 2.75) is 38.0 Å². The highest BCUT2D eigenvalue weighted by atomic mass is 32.2. The van der Waals surface area contributed by atoms with E-state index in [0.717, 1.165) is 29.1 Å². The lowest BCUT2D eigenvalue weighted by atomic mass is 10.1. The van der Waals surface area contributed by atoms with E-state index >= 15 is 0 Å². The maximum absolute atomic E-state index is 12.7. The maximum atomic E-state index is 12.7. The molecule has 1 aliphatic rings. The van der Waals surface area contributed by atoms with E-state index in [2.05, 4.69) is 12.2 Å². The molecule has 5 nitrogen and oxygen atoms in total. The highest BCUT2D eigenvalue weighted by Crippen LogP contribution is 2.42. The minimum Gasteiger partial charge on any atom is -0.497 e. The molecule has 1 aliphatic heterocycles. The van der Waals surface area contributed by atoms with Crippen LogP contribution >= 0.6 is 11.8 Å². The van der Waals surface area contributed by atoms with Crippen molar-refractivity contribution >= 4 is 35.0 Å². The fourth-order valence-electron chi connectivity index (χ4n) is 4.03. The Labute approximate surface area is 205 Å². The molecule has 1 heterocycles.